The van der Waals surface area contributed by atoms with Gasteiger partial charge in [0.2, 0.25) is 10.0 Å². The maximum Gasteiger partial charge on any atom is 0.241 e. The van der Waals surface area contributed by atoms with Gasteiger partial charge in [-0.15, -0.1) is 0 Å². The number of halogens is 1. The van der Waals surface area contributed by atoms with Crippen LogP contribution in [0.5, 0.6) is 0 Å². The van der Waals surface area contributed by atoms with Gasteiger partial charge in [0.15, 0.2) is 0 Å². The number of nitrogens with one attached hydrogen (secondary N) is 2. The molecule has 0 radical (unpaired) electrons. The van der Waals surface area contributed by atoms with Crippen LogP contribution in [0.4, 0.5) is 4.39 Å². The van der Waals surface area contributed by atoms with Gasteiger partial charge in [-0.05, 0) is 44.2 Å². The number of benzene rings is 1. The predicted octanol–water partition coefficient (Wildman–Crippen LogP) is 0.856. The Hall–Kier alpha value is -0.980. The Labute approximate surface area is 100 Å². The van der Waals surface area contributed by atoms with Crippen molar-refractivity contribution in [3.63, 3.8) is 0 Å². The van der Waals surface area contributed by atoms with E-state index in [0.29, 0.717) is 6.54 Å². The Kier molecular flexibility index (Phi) is 3.20. The van der Waals surface area contributed by atoms with E-state index >= 15 is 0 Å². The first-order chi connectivity index (χ1) is 7.91. The molecule has 1 heterocycles. The summed E-state index contributed by atoms with van der Waals surface area (Å²) in [5.74, 6) is -0.447. The molecule has 4 nitrogen and oxygen atoms in total. The minimum Gasteiger partial charge on any atom is -0.315 e. The SMILES string of the molecule is CC1(NS(=O)(=O)c2ccc(F)cc2)CCNC1. The second-order valence-electron chi connectivity index (χ2n) is 4.55. The lowest BCUT2D eigenvalue weighted by atomic mass is 10.0. The van der Waals surface area contributed by atoms with Gasteiger partial charge in [0.25, 0.3) is 0 Å². The summed E-state index contributed by atoms with van der Waals surface area (Å²) in [4.78, 5) is 0.0898. The Balaban J connectivity index is 2.22. The highest BCUT2D eigenvalue weighted by Gasteiger charge is 2.33. The van der Waals surface area contributed by atoms with Crippen molar-refractivity contribution in [3.05, 3.63) is 30.1 Å². The summed E-state index contributed by atoms with van der Waals surface area (Å²) in [6.45, 7) is 3.25. The van der Waals surface area contributed by atoms with Crippen molar-refractivity contribution >= 4 is 10.0 Å². The first-order valence-corrected chi connectivity index (χ1v) is 6.90. The normalized spacial score (nSPS) is 25.1. The van der Waals surface area contributed by atoms with Crippen LogP contribution in [0.15, 0.2) is 29.2 Å². The first-order valence-electron chi connectivity index (χ1n) is 5.42. The van der Waals surface area contributed by atoms with E-state index in [1.165, 1.54) is 12.1 Å². The molecule has 17 heavy (non-hydrogen) atoms. The molecule has 1 unspecified atom stereocenters. The van der Waals surface area contributed by atoms with Gasteiger partial charge in [-0.25, -0.2) is 17.5 Å². The summed E-state index contributed by atoms with van der Waals surface area (Å²) < 4.78 is 39.5. The van der Waals surface area contributed by atoms with Crippen LogP contribution in [-0.4, -0.2) is 27.0 Å². The minimum absolute atomic E-state index is 0.0898. The second-order valence-corrected chi connectivity index (χ2v) is 6.23. The third kappa shape index (κ3) is 2.83. The van der Waals surface area contributed by atoms with E-state index in [0.717, 1.165) is 25.1 Å². The van der Waals surface area contributed by atoms with Crippen LogP contribution >= 0.6 is 0 Å². The van der Waals surface area contributed by atoms with E-state index < -0.39 is 21.4 Å². The van der Waals surface area contributed by atoms with E-state index in [1.54, 1.807) is 0 Å². The van der Waals surface area contributed by atoms with Crippen molar-refractivity contribution in [2.24, 2.45) is 0 Å². The van der Waals surface area contributed by atoms with Crippen molar-refractivity contribution in [1.29, 1.82) is 0 Å². The Morgan fingerprint density at radius 2 is 2.00 bits per heavy atom. The summed E-state index contributed by atoms with van der Waals surface area (Å²) >= 11 is 0. The molecule has 1 aromatic rings. The highest BCUT2D eigenvalue weighted by atomic mass is 32.2. The van der Waals surface area contributed by atoms with Crippen LogP contribution < -0.4 is 10.0 Å². The second kappa shape index (κ2) is 4.36. The molecule has 0 spiro atoms. The lowest BCUT2D eigenvalue weighted by Crippen LogP contribution is -2.47. The van der Waals surface area contributed by atoms with E-state index in [9.17, 15) is 12.8 Å². The Morgan fingerprint density at radius 3 is 2.53 bits per heavy atom. The van der Waals surface area contributed by atoms with Gasteiger partial charge < -0.3 is 5.32 Å². The highest BCUT2D eigenvalue weighted by Crippen LogP contribution is 2.18. The molecular weight excluding hydrogens is 243 g/mol. The van der Waals surface area contributed by atoms with E-state index in [4.69, 9.17) is 0 Å². The molecule has 2 N–H and O–H groups in total. The van der Waals surface area contributed by atoms with Gasteiger partial charge in [-0.1, -0.05) is 0 Å². The smallest absolute Gasteiger partial charge is 0.241 e. The topological polar surface area (TPSA) is 58.2 Å². The maximum atomic E-state index is 12.7. The molecule has 1 aliphatic heterocycles. The molecule has 0 aliphatic carbocycles. The quantitative estimate of drug-likeness (QED) is 0.845. The van der Waals surface area contributed by atoms with E-state index in [-0.39, 0.29) is 4.90 Å². The summed E-state index contributed by atoms with van der Waals surface area (Å²) in [5, 5.41) is 3.11. The van der Waals surface area contributed by atoms with E-state index in [2.05, 4.69) is 10.0 Å². The zero-order valence-electron chi connectivity index (χ0n) is 9.53. The fourth-order valence-corrected chi connectivity index (χ4v) is 3.34. The van der Waals surface area contributed by atoms with Crippen molar-refractivity contribution in [2.75, 3.05) is 13.1 Å². The summed E-state index contributed by atoms with van der Waals surface area (Å²) in [6.07, 6.45) is 0.743. The van der Waals surface area contributed by atoms with E-state index in [1.807, 2.05) is 6.92 Å². The van der Waals surface area contributed by atoms with Crippen LogP contribution in [0.25, 0.3) is 0 Å². The molecular formula is C11H15FN2O2S. The lowest BCUT2D eigenvalue weighted by molar-refractivity contribution is 0.452. The van der Waals surface area contributed by atoms with Gasteiger partial charge >= 0.3 is 0 Å². The molecule has 0 bridgehead atoms. The van der Waals surface area contributed by atoms with Crippen LogP contribution in [0.2, 0.25) is 0 Å². The van der Waals surface area contributed by atoms with Gasteiger partial charge in [-0.3, -0.25) is 0 Å². The number of rotatable bonds is 3. The number of hydrogen-bond donors (Lipinski definition) is 2. The van der Waals surface area contributed by atoms with Crippen molar-refractivity contribution in [3.8, 4) is 0 Å². The third-order valence-electron chi connectivity index (χ3n) is 2.87. The van der Waals surface area contributed by atoms with Crippen molar-refractivity contribution in [2.45, 2.75) is 23.8 Å². The molecule has 94 valence electrons. The Morgan fingerprint density at radius 1 is 1.35 bits per heavy atom. The van der Waals surface area contributed by atoms with Gasteiger partial charge in [0.1, 0.15) is 5.82 Å². The third-order valence-corrected chi connectivity index (χ3v) is 4.53. The molecule has 1 atom stereocenters. The number of sulfonamides is 1. The van der Waals surface area contributed by atoms with Gasteiger partial charge in [0.05, 0.1) is 4.90 Å². The highest BCUT2D eigenvalue weighted by molar-refractivity contribution is 7.89. The Bertz CT molecular complexity index is 493. The molecule has 1 aliphatic rings. The van der Waals surface area contributed by atoms with Crippen LogP contribution in [0.3, 0.4) is 0 Å². The van der Waals surface area contributed by atoms with Gasteiger partial charge in [-0.2, -0.15) is 0 Å². The summed E-state index contributed by atoms with van der Waals surface area (Å²) in [7, 11) is -3.58. The predicted molar refractivity (Wildman–Crippen MR) is 62.6 cm³/mol. The average molecular weight is 258 g/mol. The first kappa shape index (κ1) is 12.5. The molecule has 0 saturated carbocycles. The molecule has 1 fully saturated rings. The summed E-state index contributed by atoms with van der Waals surface area (Å²) in [5.41, 5.74) is -0.465. The minimum atomic E-state index is -3.58. The van der Waals surface area contributed by atoms with Crippen molar-refractivity contribution < 1.29 is 12.8 Å². The zero-order valence-corrected chi connectivity index (χ0v) is 10.3. The maximum absolute atomic E-state index is 12.7. The monoisotopic (exact) mass is 258 g/mol. The average Bonchev–Trinajstić information content (AvgIpc) is 2.64. The van der Waals surface area contributed by atoms with Crippen LogP contribution in [0.1, 0.15) is 13.3 Å². The molecule has 2 rings (SSSR count). The largest absolute Gasteiger partial charge is 0.315 e. The standard InChI is InChI=1S/C11H15FN2O2S/c1-11(6-7-13-8-11)14-17(15,16)10-4-2-9(12)3-5-10/h2-5,13-14H,6-8H2,1H3. The lowest BCUT2D eigenvalue weighted by Gasteiger charge is -2.24. The van der Waals surface area contributed by atoms with Crippen molar-refractivity contribution in [1.82, 2.24) is 10.0 Å². The zero-order chi connectivity index (χ0) is 12.5. The summed E-state index contributed by atoms with van der Waals surface area (Å²) in [6, 6.07) is 4.82. The van der Waals surface area contributed by atoms with Crippen LogP contribution in [-0.2, 0) is 10.0 Å². The fourth-order valence-electron chi connectivity index (χ4n) is 1.90. The molecule has 1 aromatic carbocycles. The molecule has 6 heteroatoms. The molecule has 0 amide bonds. The fraction of sp³-hybridized carbons (Fsp3) is 0.455. The van der Waals surface area contributed by atoms with Crippen LogP contribution in [0, 0.1) is 5.82 Å². The number of hydrogen-bond acceptors (Lipinski definition) is 3. The van der Waals surface area contributed by atoms with Gasteiger partial charge in [0, 0.05) is 12.1 Å². The molecule has 1 saturated heterocycles. The molecule has 0 aromatic heterocycles.